The number of nitrogens with zero attached hydrogens (tertiary/aromatic N) is 3. The third-order valence-corrected chi connectivity index (χ3v) is 4.78. The number of aromatic nitrogens is 3. The van der Waals surface area contributed by atoms with E-state index in [0.29, 0.717) is 12.5 Å². The zero-order valence-electron chi connectivity index (χ0n) is 12.1. The summed E-state index contributed by atoms with van der Waals surface area (Å²) in [4.78, 5) is 12.3. The largest absolute Gasteiger partial charge is 0.349 e. The molecule has 0 radical (unpaired) electrons. The van der Waals surface area contributed by atoms with E-state index in [1.54, 1.807) is 0 Å². The molecule has 1 saturated carbocycles. The van der Waals surface area contributed by atoms with Crippen molar-refractivity contribution in [1.29, 1.82) is 0 Å². The Labute approximate surface area is 133 Å². The molecule has 2 heterocycles. The van der Waals surface area contributed by atoms with Crippen LogP contribution >= 0.6 is 11.6 Å². The van der Waals surface area contributed by atoms with Crippen molar-refractivity contribution in [2.24, 2.45) is 5.92 Å². The molecule has 114 valence electrons. The van der Waals surface area contributed by atoms with E-state index in [4.69, 9.17) is 11.6 Å². The Morgan fingerprint density at radius 1 is 1.32 bits per heavy atom. The molecule has 1 amide bonds. The predicted octanol–water partition coefficient (Wildman–Crippen LogP) is 2.30. The zero-order chi connectivity index (χ0) is 15.1. The fraction of sp³-hybridized carbons (Fsp3) is 0.438. The number of carbonyl (C=O) groups excluding carboxylic acids is 1. The third kappa shape index (κ3) is 2.50. The molecule has 4 rings (SSSR count). The van der Waals surface area contributed by atoms with Gasteiger partial charge in [0.25, 0.3) is 0 Å². The van der Waals surface area contributed by atoms with Crippen molar-refractivity contribution >= 4 is 17.5 Å². The highest BCUT2D eigenvalue weighted by molar-refractivity contribution is 6.30. The first-order valence-corrected chi connectivity index (χ1v) is 8.04. The van der Waals surface area contributed by atoms with Crippen molar-refractivity contribution in [3.63, 3.8) is 0 Å². The Balaban J connectivity index is 1.35. The second kappa shape index (κ2) is 5.39. The molecule has 1 aromatic heterocycles. The normalized spacial score (nSPS) is 22.4. The van der Waals surface area contributed by atoms with Crippen LogP contribution in [0.2, 0.25) is 5.02 Å². The first kappa shape index (κ1) is 13.8. The van der Waals surface area contributed by atoms with Gasteiger partial charge in [-0.1, -0.05) is 23.7 Å². The summed E-state index contributed by atoms with van der Waals surface area (Å²) in [7, 11) is 0. The molecular formula is C16H17ClN4O. The number of halogens is 1. The van der Waals surface area contributed by atoms with Gasteiger partial charge in [-0.15, -0.1) is 10.2 Å². The maximum Gasteiger partial charge on any atom is 0.224 e. The van der Waals surface area contributed by atoms with E-state index in [1.165, 1.54) is 5.56 Å². The molecule has 6 heteroatoms. The molecule has 1 fully saturated rings. The standard InChI is InChI=1S/C16H17ClN4O/c17-11-5-3-10(4-6-11)12-8-13(12)16(22)18-9-15-20-19-14-2-1-7-21(14)15/h3-6,12-13H,1-2,7-9H2,(H,18,22)/t12-,13+/m1/s1. The van der Waals surface area contributed by atoms with Crippen LogP contribution in [0, 0.1) is 5.92 Å². The lowest BCUT2D eigenvalue weighted by atomic mass is 10.1. The minimum Gasteiger partial charge on any atom is -0.349 e. The van der Waals surface area contributed by atoms with Crippen molar-refractivity contribution < 1.29 is 4.79 Å². The topological polar surface area (TPSA) is 59.8 Å². The number of aryl methyl sites for hydroxylation is 1. The molecule has 2 aliphatic rings. The van der Waals surface area contributed by atoms with Crippen molar-refractivity contribution in [3.05, 3.63) is 46.5 Å². The molecule has 0 saturated heterocycles. The molecule has 1 N–H and O–H groups in total. The van der Waals surface area contributed by atoms with Crippen LogP contribution in [0.15, 0.2) is 24.3 Å². The van der Waals surface area contributed by atoms with Gasteiger partial charge in [0.15, 0.2) is 5.82 Å². The lowest BCUT2D eigenvalue weighted by Crippen LogP contribution is -2.26. The van der Waals surface area contributed by atoms with E-state index in [-0.39, 0.29) is 11.8 Å². The van der Waals surface area contributed by atoms with E-state index in [0.717, 1.165) is 42.5 Å². The van der Waals surface area contributed by atoms with Gasteiger partial charge < -0.3 is 9.88 Å². The summed E-state index contributed by atoms with van der Waals surface area (Å²) in [5, 5.41) is 12.0. The van der Waals surface area contributed by atoms with Gasteiger partial charge in [-0.05, 0) is 36.5 Å². The van der Waals surface area contributed by atoms with Crippen LogP contribution in [-0.4, -0.2) is 20.7 Å². The van der Waals surface area contributed by atoms with Gasteiger partial charge in [-0.2, -0.15) is 0 Å². The van der Waals surface area contributed by atoms with Gasteiger partial charge in [-0.3, -0.25) is 4.79 Å². The molecule has 1 aliphatic carbocycles. The molecule has 2 atom stereocenters. The van der Waals surface area contributed by atoms with Crippen LogP contribution in [0.25, 0.3) is 0 Å². The number of nitrogens with one attached hydrogen (secondary N) is 1. The number of hydrogen-bond donors (Lipinski definition) is 1. The minimum absolute atomic E-state index is 0.0714. The summed E-state index contributed by atoms with van der Waals surface area (Å²) in [6.07, 6.45) is 3.01. The van der Waals surface area contributed by atoms with Gasteiger partial charge in [0.1, 0.15) is 5.82 Å². The van der Waals surface area contributed by atoms with Crippen LogP contribution in [0.1, 0.15) is 36.0 Å². The minimum atomic E-state index is 0.0714. The SMILES string of the molecule is O=C(NCc1nnc2n1CCC2)[C@H]1C[C@@H]1c1ccc(Cl)cc1. The number of hydrogen-bond acceptors (Lipinski definition) is 3. The quantitative estimate of drug-likeness (QED) is 0.941. The van der Waals surface area contributed by atoms with E-state index in [2.05, 4.69) is 20.1 Å². The Bertz CT molecular complexity index is 709. The van der Waals surface area contributed by atoms with E-state index in [1.807, 2.05) is 24.3 Å². The van der Waals surface area contributed by atoms with Crippen LogP contribution in [-0.2, 0) is 24.3 Å². The average molecular weight is 317 g/mol. The van der Waals surface area contributed by atoms with Crippen LogP contribution in [0.4, 0.5) is 0 Å². The monoisotopic (exact) mass is 316 g/mol. The van der Waals surface area contributed by atoms with Crippen molar-refractivity contribution in [2.45, 2.75) is 38.3 Å². The van der Waals surface area contributed by atoms with Gasteiger partial charge in [0.05, 0.1) is 6.54 Å². The maximum absolute atomic E-state index is 12.3. The highest BCUT2D eigenvalue weighted by Crippen LogP contribution is 2.47. The molecule has 0 bridgehead atoms. The lowest BCUT2D eigenvalue weighted by molar-refractivity contribution is -0.122. The molecule has 2 aromatic rings. The maximum atomic E-state index is 12.3. The van der Waals surface area contributed by atoms with Crippen molar-refractivity contribution in [1.82, 2.24) is 20.1 Å². The molecule has 22 heavy (non-hydrogen) atoms. The fourth-order valence-corrected chi connectivity index (χ4v) is 3.33. The fourth-order valence-electron chi connectivity index (χ4n) is 3.20. The molecule has 5 nitrogen and oxygen atoms in total. The number of rotatable bonds is 4. The molecule has 1 aliphatic heterocycles. The summed E-state index contributed by atoms with van der Waals surface area (Å²) in [5.74, 6) is 2.40. The van der Waals surface area contributed by atoms with Gasteiger partial charge in [-0.25, -0.2) is 0 Å². The molecule has 0 unspecified atom stereocenters. The number of carbonyl (C=O) groups is 1. The smallest absolute Gasteiger partial charge is 0.224 e. The van der Waals surface area contributed by atoms with Gasteiger partial charge >= 0.3 is 0 Å². The van der Waals surface area contributed by atoms with Crippen LogP contribution in [0.3, 0.4) is 0 Å². The summed E-state index contributed by atoms with van der Waals surface area (Å²) in [6, 6.07) is 7.77. The average Bonchev–Trinajstić information content (AvgIpc) is 3.01. The van der Waals surface area contributed by atoms with E-state index in [9.17, 15) is 4.79 Å². The summed E-state index contributed by atoms with van der Waals surface area (Å²) in [6.45, 7) is 1.43. The summed E-state index contributed by atoms with van der Waals surface area (Å²) < 4.78 is 2.11. The highest BCUT2D eigenvalue weighted by atomic mass is 35.5. The Kier molecular flexibility index (Phi) is 3.37. The Morgan fingerprint density at radius 2 is 2.14 bits per heavy atom. The first-order chi connectivity index (χ1) is 10.7. The molecular weight excluding hydrogens is 300 g/mol. The highest BCUT2D eigenvalue weighted by Gasteiger charge is 2.43. The van der Waals surface area contributed by atoms with Crippen LogP contribution in [0.5, 0.6) is 0 Å². The Hall–Kier alpha value is -1.88. The number of fused-ring (bicyclic) bond motifs is 1. The van der Waals surface area contributed by atoms with Crippen LogP contribution < -0.4 is 5.32 Å². The van der Waals surface area contributed by atoms with Gasteiger partial charge in [0.2, 0.25) is 5.91 Å². The second-order valence-corrected chi connectivity index (χ2v) is 6.44. The number of benzene rings is 1. The van der Waals surface area contributed by atoms with E-state index < -0.39 is 0 Å². The molecule has 1 aromatic carbocycles. The predicted molar refractivity (Wildman–Crippen MR) is 82.5 cm³/mol. The Morgan fingerprint density at radius 3 is 2.95 bits per heavy atom. The third-order valence-electron chi connectivity index (χ3n) is 4.53. The first-order valence-electron chi connectivity index (χ1n) is 7.66. The zero-order valence-corrected chi connectivity index (χ0v) is 12.9. The summed E-state index contributed by atoms with van der Waals surface area (Å²) in [5.41, 5.74) is 1.19. The second-order valence-electron chi connectivity index (χ2n) is 6.01. The number of amides is 1. The van der Waals surface area contributed by atoms with Crippen molar-refractivity contribution in [3.8, 4) is 0 Å². The lowest BCUT2D eigenvalue weighted by Gasteiger charge is -2.06. The molecule has 0 spiro atoms. The summed E-state index contributed by atoms with van der Waals surface area (Å²) >= 11 is 5.89. The van der Waals surface area contributed by atoms with Crippen molar-refractivity contribution in [2.75, 3.05) is 0 Å². The van der Waals surface area contributed by atoms with Gasteiger partial charge in [0, 0.05) is 23.9 Å². The van der Waals surface area contributed by atoms with E-state index >= 15 is 0 Å².